The van der Waals surface area contributed by atoms with Crippen molar-refractivity contribution in [1.82, 2.24) is 0 Å². The Labute approximate surface area is 165 Å². The third-order valence-electron chi connectivity index (χ3n) is 4.24. The second-order valence-corrected chi connectivity index (χ2v) is 7.37. The molecule has 1 aliphatic heterocycles. The van der Waals surface area contributed by atoms with Gasteiger partial charge in [-0.15, -0.1) is 0 Å². The SMILES string of the molecule is NC(=O)C1=C[C@H](c2ccc(I)cc2)C[C@H](OCc2ccc(CO)cc2)O1. The predicted molar refractivity (Wildman–Crippen MR) is 106 cm³/mol. The number of hydrogen-bond acceptors (Lipinski definition) is 4. The van der Waals surface area contributed by atoms with Crippen LogP contribution in [0.4, 0.5) is 0 Å². The lowest BCUT2D eigenvalue weighted by Gasteiger charge is -2.28. The van der Waals surface area contributed by atoms with Gasteiger partial charge >= 0.3 is 0 Å². The molecule has 2 aromatic carbocycles. The number of primary amides is 1. The summed E-state index contributed by atoms with van der Waals surface area (Å²) in [6.07, 6.45) is 1.82. The summed E-state index contributed by atoms with van der Waals surface area (Å²) in [6, 6.07) is 15.6. The Balaban J connectivity index is 1.70. The number of ether oxygens (including phenoxy) is 2. The number of carbonyl (C=O) groups is 1. The van der Waals surface area contributed by atoms with Crippen LogP contribution in [0.2, 0.25) is 0 Å². The van der Waals surface area contributed by atoms with E-state index in [1.165, 1.54) is 0 Å². The summed E-state index contributed by atoms with van der Waals surface area (Å²) in [6.45, 7) is 0.360. The van der Waals surface area contributed by atoms with Gasteiger partial charge in [0, 0.05) is 15.9 Å². The minimum Gasteiger partial charge on any atom is -0.459 e. The van der Waals surface area contributed by atoms with E-state index in [1.54, 1.807) is 6.08 Å². The van der Waals surface area contributed by atoms with Gasteiger partial charge in [0.2, 0.25) is 6.29 Å². The molecule has 3 N–H and O–H groups in total. The third kappa shape index (κ3) is 4.84. The fraction of sp³-hybridized carbons (Fsp3) is 0.250. The first-order valence-corrected chi connectivity index (χ1v) is 9.37. The largest absolute Gasteiger partial charge is 0.459 e. The summed E-state index contributed by atoms with van der Waals surface area (Å²) in [5, 5.41) is 9.10. The molecule has 1 amide bonds. The van der Waals surface area contributed by atoms with Gasteiger partial charge in [-0.25, -0.2) is 0 Å². The van der Waals surface area contributed by atoms with E-state index in [4.69, 9.17) is 20.3 Å². The molecule has 0 spiro atoms. The molecule has 0 radical (unpaired) electrons. The van der Waals surface area contributed by atoms with Crippen LogP contribution < -0.4 is 5.73 Å². The zero-order valence-electron chi connectivity index (χ0n) is 14.1. The van der Waals surface area contributed by atoms with E-state index in [-0.39, 0.29) is 18.3 Å². The molecule has 136 valence electrons. The van der Waals surface area contributed by atoms with E-state index < -0.39 is 12.2 Å². The van der Waals surface area contributed by atoms with Crippen LogP contribution in [0, 0.1) is 3.57 Å². The Morgan fingerprint density at radius 1 is 1.15 bits per heavy atom. The molecule has 2 aromatic rings. The van der Waals surface area contributed by atoms with E-state index in [9.17, 15) is 4.79 Å². The normalized spacial score (nSPS) is 19.5. The lowest BCUT2D eigenvalue weighted by molar-refractivity contribution is -0.148. The number of benzene rings is 2. The van der Waals surface area contributed by atoms with E-state index in [0.29, 0.717) is 13.0 Å². The molecular formula is C20H20INO4. The van der Waals surface area contributed by atoms with Crippen molar-refractivity contribution in [2.45, 2.75) is 31.8 Å². The van der Waals surface area contributed by atoms with Crippen molar-refractivity contribution in [3.05, 3.63) is 80.6 Å². The second-order valence-electron chi connectivity index (χ2n) is 6.12. The molecule has 0 unspecified atom stereocenters. The van der Waals surface area contributed by atoms with E-state index in [2.05, 4.69) is 22.6 Å². The maximum Gasteiger partial charge on any atom is 0.283 e. The molecule has 2 atom stereocenters. The average molecular weight is 465 g/mol. The summed E-state index contributed by atoms with van der Waals surface area (Å²) < 4.78 is 12.6. The quantitative estimate of drug-likeness (QED) is 0.643. The number of allylic oxidation sites excluding steroid dienone is 1. The number of nitrogens with two attached hydrogens (primary N) is 1. The molecule has 0 saturated carbocycles. The van der Waals surface area contributed by atoms with Gasteiger partial charge in [0.25, 0.3) is 5.91 Å². The molecule has 0 aliphatic carbocycles. The maximum absolute atomic E-state index is 11.6. The predicted octanol–water partition coefficient (Wildman–Crippen LogP) is 3.20. The van der Waals surface area contributed by atoms with Crippen LogP contribution in [0.15, 0.2) is 60.4 Å². The van der Waals surface area contributed by atoms with Gasteiger partial charge < -0.3 is 20.3 Å². The van der Waals surface area contributed by atoms with E-state index >= 15 is 0 Å². The minimum atomic E-state index is -0.596. The second kappa shape index (κ2) is 8.66. The Bertz CT molecular complexity index is 786. The molecule has 1 aliphatic rings. The number of hydrogen-bond donors (Lipinski definition) is 2. The Morgan fingerprint density at radius 2 is 1.81 bits per heavy atom. The minimum absolute atomic E-state index is 0.00464. The van der Waals surface area contributed by atoms with Gasteiger partial charge in [0.05, 0.1) is 13.2 Å². The van der Waals surface area contributed by atoms with Gasteiger partial charge in [0.15, 0.2) is 5.76 Å². The molecule has 0 aromatic heterocycles. The molecule has 6 heteroatoms. The van der Waals surface area contributed by atoms with Crippen LogP contribution in [0.25, 0.3) is 0 Å². The first-order valence-electron chi connectivity index (χ1n) is 8.29. The average Bonchev–Trinajstić information content (AvgIpc) is 2.67. The van der Waals surface area contributed by atoms with Crippen molar-refractivity contribution in [1.29, 1.82) is 0 Å². The fourth-order valence-corrected chi connectivity index (χ4v) is 3.16. The number of rotatable bonds is 6. The summed E-state index contributed by atoms with van der Waals surface area (Å²) in [5.41, 5.74) is 8.32. The van der Waals surface area contributed by atoms with Crippen molar-refractivity contribution < 1.29 is 19.4 Å². The highest BCUT2D eigenvalue weighted by atomic mass is 127. The summed E-state index contributed by atoms with van der Waals surface area (Å²) in [4.78, 5) is 11.6. The lowest BCUT2D eigenvalue weighted by Crippen LogP contribution is -2.29. The molecule has 1 heterocycles. The molecule has 3 rings (SSSR count). The third-order valence-corrected chi connectivity index (χ3v) is 4.96. The molecular weight excluding hydrogens is 445 g/mol. The number of aliphatic hydroxyl groups is 1. The van der Waals surface area contributed by atoms with Crippen LogP contribution in [-0.2, 0) is 27.5 Å². The van der Waals surface area contributed by atoms with Gasteiger partial charge in [0.1, 0.15) is 0 Å². The smallest absolute Gasteiger partial charge is 0.283 e. The molecule has 5 nitrogen and oxygen atoms in total. The van der Waals surface area contributed by atoms with Gasteiger partial charge in [-0.2, -0.15) is 0 Å². The fourth-order valence-electron chi connectivity index (χ4n) is 2.80. The molecule has 0 bridgehead atoms. The summed E-state index contributed by atoms with van der Waals surface area (Å²) >= 11 is 2.26. The highest BCUT2D eigenvalue weighted by molar-refractivity contribution is 14.1. The number of carbonyl (C=O) groups excluding carboxylic acids is 1. The number of amides is 1. The summed E-state index contributed by atoms with van der Waals surface area (Å²) in [5.74, 6) is -0.452. The van der Waals surface area contributed by atoms with Crippen molar-refractivity contribution in [2.24, 2.45) is 5.73 Å². The van der Waals surface area contributed by atoms with Gasteiger partial charge in [-0.1, -0.05) is 36.4 Å². The first-order chi connectivity index (χ1) is 12.5. The zero-order valence-corrected chi connectivity index (χ0v) is 16.3. The van der Waals surface area contributed by atoms with Crippen molar-refractivity contribution in [3.63, 3.8) is 0 Å². The molecule has 26 heavy (non-hydrogen) atoms. The highest BCUT2D eigenvalue weighted by Crippen LogP contribution is 2.32. The summed E-state index contributed by atoms with van der Waals surface area (Å²) in [7, 11) is 0. The Kier molecular flexibility index (Phi) is 6.29. The number of halogens is 1. The standard InChI is InChI=1S/C20H20INO4/c21-17-7-5-15(6-8-17)16-9-18(20(22)24)26-19(10-16)25-12-14-3-1-13(11-23)2-4-14/h1-9,16,19,23H,10-12H2,(H2,22,24)/t16-,19+/m0/s1. The first kappa shape index (κ1) is 18.9. The van der Waals surface area contributed by atoms with Gasteiger partial charge in [-0.3, -0.25) is 4.79 Å². The molecule has 0 fully saturated rings. The Hall–Kier alpha value is -1.90. The topological polar surface area (TPSA) is 81.8 Å². The highest BCUT2D eigenvalue weighted by Gasteiger charge is 2.27. The molecule has 0 saturated heterocycles. The van der Waals surface area contributed by atoms with E-state index in [0.717, 1.165) is 20.3 Å². The maximum atomic E-state index is 11.6. The Morgan fingerprint density at radius 3 is 2.42 bits per heavy atom. The monoisotopic (exact) mass is 465 g/mol. The lowest BCUT2D eigenvalue weighted by atomic mass is 9.93. The number of aliphatic hydroxyl groups excluding tert-OH is 1. The van der Waals surface area contributed by atoms with Crippen molar-refractivity contribution >= 4 is 28.5 Å². The van der Waals surface area contributed by atoms with Crippen LogP contribution in [0.1, 0.15) is 29.0 Å². The zero-order chi connectivity index (χ0) is 18.5. The van der Waals surface area contributed by atoms with Gasteiger partial charge in [-0.05, 0) is 57.5 Å². The van der Waals surface area contributed by atoms with Crippen molar-refractivity contribution in [3.8, 4) is 0 Å². The van der Waals surface area contributed by atoms with Crippen molar-refractivity contribution in [2.75, 3.05) is 0 Å². The van der Waals surface area contributed by atoms with Crippen LogP contribution >= 0.6 is 22.6 Å². The van der Waals surface area contributed by atoms with Crippen LogP contribution in [0.5, 0.6) is 0 Å². The van der Waals surface area contributed by atoms with E-state index in [1.807, 2.05) is 48.5 Å². The van der Waals surface area contributed by atoms with Crippen LogP contribution in [0.3, 0.4) is 0 Å². The van der Waals surface area contributed by atoms with Crippen LogP contribution in [-0.4, -0.2) is 17.3 Å².